The van der Waals surface area contributed by atoms with Gasteiger partial charge in [0.25, 0.3) is 0 Å². The van der Waals surface area contributed by atoms with Crippen molar-refractivity contribution in [1.82, 2.24) is 9.97 Å². The number of ketones is 1. The molecule has 0 unspecified atom stereocenters. The molecule has 7 nitrogen and oxygen atoms in total. The average Bonchev–Trinajstić information content (AvgIpc) is 2.56. The third kappa shape index (κ3) is 4.33. The summed E-state index contributed by atoms with van der Waals surface area (Å²) in [5.74, 6) is -1.68. The van der Waals surface area contributed by atoms with Crippen LogP contribution in [0.25, 0.3) is 0 Å². The van der Waals surface area contributed by atoms with Crippen LogP contribution in [-0.4, -0.2) is 35.9 Å². The zero-order chi connectivity index (χ0) is 18.8. The van der Waals surface area contributed by atoms with Gasteiger partial charge >= 0.3 is 5.97 Å². The number of carbonyl (C=O) groups is 2. The molecule has 0 saturated heterocycles. The van der Waals surface area contributed by atoms with Crippen molar-refractivity contribution in [1.29, 1.82) is 0 Å². The lowest BCUT2D eigenvalue weighted by molar-refractivity contribution is 0.0725. The van der Waals surface area contributed by atoms with Crippen molar-refractivity contribution in [2.45, 2.75) is 19.0 Å². The highest BCUT2D eigenvalue weighted by atomic mass is 35.5. The van der Waals surface area contributed by atoms with E-state index in [-0.39, 0.29) is 27.9 Å². The van der Waals surface area contributed by atoms with Crippen molar-refractivity contribution in [3.8, 4) is 5.75 Å². The van der Waals surface area contributed by atoms with Gasteiger partial charge in [-0.25, -0.2) is 23.2 Å². The Morgan fingerprint density at radius 2 is 1.92 bits per heavy atom. The third-order valence-electron chi connectivity index (χ3n) is 3.10. The van der Waals surface area contributed by atoms with Crippen molar-refractivity contribution in [3.05, 3.63) is 45.7 Å². The second-order valence-electron chi connectivity index (χ2n) is 4.84. The maximum Gasteiger partial charge on any atom is 0.364 e. The van der Waals surface area contributed by atoms with Gasteiger partial charge in [0.1, 0.15) is 5.75 Å². The third-order valence-corrected chi connectivity index (χ3v) is 5.12. The van der Waals surface area contributed by atoms with Gasteiger partial charge < -0.3 is 4.74 Å². The highest BCUT2D eigenvalue weighted by molar-refractivity contribution is 7.91. The molecule has 0 bridgehead atoms. The van der Waals surface area contributed by atoms with Crippen molar-refractivity contribution in [2.75, 3.05) is 5.75 Å². The monoisotopic (exact) mass is 402 g/mol. The molecule has 0 aliphatic rings. The number of hydrogen-bond donors (Lipinski definition) is 0. The van der Waals surface area contributed by atoms with Crippen LogP contribution in [0.3, 0.4) is 0 Å². The molecule has 1 aromatic carbocycles. The van der Waals surface area contributed by atoms with Crippen LogP contribution in [0.1, 0.15) is 34.7 Å². The number of benzene rings is 1. The summed E-state index contributed by atoms with van der Waals surface area (Å²) >= 11 is 11.7. The number of carbonyl (C=O) groups excluding carboxylic acids is 2. The maximum atomic E-state index is 12.3. The summed E-state index contributed by atoms with van der Waals surface area (Å²) in [4.78, 5) is 31.3. The Balaban J connectivity index is 2.43. The molecule has 0 amide bonds. The Morgan fingerprint density at radius 1 is 1.24 bits per heavy atom. The van der Waals surface area contributed by atoms with E-state index >= 15 is 0 Å². The zero-order valence-electron chi connectivity index (χ0n) is 13.1. The summed E-state index contributed by atoms with van der Waals surface area (Å²) in [5.41, 5.74) is -0.333. The number of aromatic nitrogens is 2. The molecule has 2 rings (SSSR count). The van der Waals surface area contributed by atoms with Crippen molar-refractivity contribution >= 4 is 44.8 Å². The van der Waals surface area contributed by atoms with E-state index in [4.69, 9.17) is 27.9 Å². The highest BCUT2D eigenvalue weighted by Gasteiger charge is 2.23. The van der Waals surface area contributed by atoms with E-state index in [0.717, 1.165) is 6.20 Å². The zero-order valence-corrected chi connectivity index (χ0v) is 15.4. The van der Waals surface area contributed by atoms with Gasteiger partial charge in [-0.3, -0.25) is 4.79 Å². The first-order chi connectivity index (χ1) is 11.7. The van der Waals surface area contributed by atoms with Gasteiger partial charge in [0.15, 0.2) is 11.5 Å². The fourth-order valence-electron chi connectivity index (χ4n) is 1.79. The first-order valence-corrected chi connectivity index (χ1v) is 9.34. The first kappa shape index (κ1) is 19.3. The van der Waals surface area contributed by atoms with Crippen LogP contribution in [0.4, 0.5) is 0 Å². The van der Waals surface area contributed by atoms with Crippen LogP contribution < -0.4 is 4.74 Å². The Labute approximate surface area is 153 Å². The summed E-state index contributed by atoms with van der Waals surface area (Å²) in [6.45, 7) is 2.70. The normalized spacial score (nSPS) is 11.2. The number of hydrogen-bond acceptors (Lipinski definition) is 7. The molecule has 1 heterocycles. The van der Waals surface area contributed by atoms with Crippen LogP contribution in [0.15, 0.2) is 29.6 Å². The van der Waals surface area contributed by atoms with Gasteiger partial charge in [0.2, 0.25) is 15.0 Å². The number of halogens is 2. The van der Waals surface area contributed by atoms with E-state index in [2.05, 4.69) is 9.97 Å². The predicted octanol–water partition coefficient (Wildman–Crippen LogP) is 3.00. The molecular weight excluding hydrogens is 391 g/mol. The van der Waals surface area contributed by atoms with E-state index in [1.165, 1.54) is 32.0 Å². The highest BCUT2D eigenvalue weighted by Crippen LogP contribution is 2.25. The minimum Gasteiger partial charge on any atom is -0.421 e. The minimum atomic E-state index is -3.73. The summed E-state index contributed by atoms with van der Waals surface area (Å²) < 4.78 is 28.8. The number of esters is 1. The second-order valence-corrected chi connectivity index (χ2v) is 7.85. The molecule has 132 valence electrons. The van der Waals surface area contributed by atoms with Crippen LogP contribution >= 0.6 is 23.2 Å². The Morgan fingerprint density at radius 3 is 2.52 bits per heavy atom. The van der Waals surface area contributed by atoms with Gasteiger partial charge in [0, 0.05) is 5.02 Å². The Hall–Kier alpha value is -2.03. The van der Waals surface area contributed by atoms with Gasteiger partial charge in [-0.15, -0.1) is 0 Å². The molecule has 0 radical (unpaired) electrons. The SMILES string of the molecule is CCS(=O)(=O)c1ncc(Cl)c(C(=O)Oc2ccc(Cl)cc2C(C)=O)n1. The first-order valence-electron chi connectivity index (χ1n) is 6.93. The van der Waals surface area contributed by atoms with Gasteiger partial charge in [-0.1, -0.05) is 30.1 Å². The van der Waals surface area contributed by atoms with E-state index in [1.807, 2.05) is 0 Å². The number of Topliss-reactive ketones (excluding diaryl/α,β-unsaturated/α-hetero) is 1. The number of rotatable bonds is 5. The summed E-state index contributed by atoms with van der Waals surface area (Å²) in [6.07, 6.45) is 1.00. The standard InChI is InChI=1S/C15H12Cl2N2O5S/c1-3-25(22,23)15-18-7-11(17)13(19-15)14(21)24-12-5-4-9(16)6-10(12)8(2)20/h4-7H,3H2,1-2H3. The predicted molar refractivity (Wildman–Crippen MR) is 91.2 cm³/mol. The molecular formula is C15H12Cl2N2O5S. The summed E-state index contributed by atoms with van der Waals surface area (Å²) in [5, 5.41) is -0.422. The van der Waals surface area contributed by atoms with Crippen LogP contribution in [-0.2, 0) is 9.84 Å². The lowest BCUT2D eigenvalue weighted by atomic mass is 10.1. The topological polar surface area (TPSA) is 103 Å². The van der Waals surface area contributed by atoms with E-state index < -0.39 is 26.7 Å². The average molecular weight is 403 g/mol. The Kier molecular flexibility index (Phi) is 5.76. The molecule has 0 saturated carbocycles. The van der Waals surface area contributed by atoms with E-state index in [0.29, 0.717) is 5.02 Å². The van der Waals surface area contributed by atoms with Crippen LogP contribution in [0.5, 0.6) is 5.75 Å². The maximum absolute atomic E-state index is 12.3. The van der Waals surface area contributed by atoms with Gasteiger partial charge in [-0.2, -0.15) is 0 Å². The van der Waals surface area contributed by atoms with E-state index in [1.54, 1.807) is 0 Å². The fraction of sp³-hybridized carbons (Fsp3) is 0.200. The molecule has 0 aliphatic heterocycles. The molecule has 0 N–H and O–H groups in total. The lowest BCUT2D eigenvalue weighted by Crippen LogP contribution is -2.17. The summed E-state index contributed by atoms with van der Waals surface area (Å²) in [7, 11) is -3.73. The molecule has 0 spiro atoms. The smallest absolute Gasteiger partial charge is 0.364 e. The second kappa shape index (κ2) is 7.47. The van der Waals surface area contributed by atoms with Crippen LogP contribution in [0, 0.1) is 0 Å². The van der Waals surface area contributed by atoms with Gasteiger partial charge in [0.05, 0.1) is 22.5 Å². The quantitative estimate of drug-likeness (QED) is 0.327. The molecule has 0 fully saturated rings. The molecule has 0 atom stereocenters. The lowest BCUT2D eigenvalue weighted by Gasteiger charge is -2.09. The molecule has 2 aromatic rings. The fourth-order valence-corrected chi connectivity index (χ4v) is 2.83. The molecule has 1 aromatic heterocycles. The molecule has 25 heavy (non-hydrogen) atoms. The summed E-state index contributed by atoms with van der Waals surface area (Å²) in [6, 6.07) is 4.13. The molecule has 0 aliphatic carbocycles. The number of ether oxygens (including phenoxy) is 1. The Bertz CT molecular complexity index is 960. The van der Waals surface area contributed by atoms with Crippen molar-refractivity contribution < 1.29 is 22.7 Å². The molecule has 10 heteroatoms. The minimum absolute atomic E-state index is 0.0449. The van der Waals surface area contributed by atoms with Gasteiger partial charge in [-0.05, 0) is 25.1 Å². The van der Waals surface area contributed by atoms with Crippen LogP contribution in [0.2, 0.25) is 10.0 Å². The largest absolute Gasteiger partial charge is 0.421 e. The van der Waals surface area contributed by atoms with E-state index in [9.17, 15) is 18.0 Å². The number of sulfone groups is 1. The van der Waals surface area contributed by atoms with Crippen molar-refractivity contribution in [3.63, 3.8) is 0 Å². The van der Waals surface area contributed by atoms with Crippen molar-refractivity contribution in [2.24, 2.45) is 0 Å². The number of nitrogens with zero attached hydrogens (tertiary/aromatic N) is 2.